The lowest BCUT2D eigenvalue weighted by Crippen LogP contribution is -2.63. The van der Waals surface area contributed by atoms with Gasteiger partial charge in [0.2, 0.25) is 5.84 Å². The number of nitrogens with zero attached hydrogens (tertiary/aromatic N) is 2. The third kappa shape index (κ3) is 3.27. The Morgan fingerprint density at radius 1 is 1.38 bits per heavy atom. The minimum Gasteiger partial charge on any atom is -0.385 e. The average Bonchev–Trinajstić information content (AvgIpc) is 3.01. The molecular formula is C19H24FN4OS+. The summed E-state index contributed by atoms with van der Waals surface area (Å²) in [7, 11) is 3.99. The van der Waals surface area contributed by atoms with Gasteiger partial charge in [0.15, 0.2) is 0 Å². The highest BCUT2D eigenvalue weighted by Crippen LogP contribution is 2.39. The van der Waals surface area contributed by atoms with Gasteiger partial charge in [-0.3, -0.25) is 4.48 Å². The van der Waals surface area contributed by atoms with Crippen LogP contribution in [0.3, 0.4) is 0 Å². The Morgan fingerprint density at radius 2 is 2.27 bits per heavy atom. The van der Waals surface area contributed by atoms with Crippen LogP contribution in [-0.4, -0.2) is 56.8 Å². The van der Waals surface area contributed by atoms with E-state index in [1.54, 1.807) is 24.5 Å². The standard InChI is InChI=1S/C19H24FN4OS/c1-24(8-7-21-14(12-24)5-9-25-2)18-15-6-10-26-19(15)23-17-11-13(20)3-4-16(17)22-18/h3-4,6,10-11,14,21,23H,5,7-9,12H2,1-2H3/q+1/t14-,24?/m0/s1. The molecule has 1 saturated heterocycles. The molecule has 3 heterocycles. The number of hydrogen-bond acceptors (Lipinski definition) is 5. The Morgan fingerprint density at radius 3 is 3.12 bits per heavy atom. The molecule has 2 aliphatic rings. The number of likely N-dealkylation sites (N-methyl/N-ethyl adjacent to an activating group) is 1. The number of benzene rings is 1. The fraction of sp³-hybridized carbons (Fsp3) is 0.421. The van der Waals surface area contributed by atoms with Crippen molar-refractivity contribution in [1.29, 1.82) is 0 Å². The molecule has 1 aromatic carbocycles. The highest BCUT2D eigenvalue weighted by molar-refractivity contribution is 7.14. The van der Waals surface area contributed by atoms with Gasteiger partial charge < -0.3 is 15.4 Å². The molecule has 2 aliphatic heterocycles. The van der Waals surface area contributed by atoms with E-state index >= 15 is 0 Å². The molecule has 1 aromatic heterocycles. The molecule has 138 valence electrons. The molecule has 0 radical (unpaired) electrons. The zero-order chi connectivity index (χ0) is 18.1. The van der Waals surface area contributed by atoms with E-state index in [0.29, 0.717) is 6.04 Å². The molecule has 1 unspecified atom stereocenters. The molecule has 0 amide bonds. The summed E-state index contributed by atoms with van der Waals surface area (Å²) in [5.41, 5.74) is 2.62. The minimum atomic E-state index is -0.254. The quantitative estimate of drug-likeness (QED) is 0.808. The van der Waals surface area contributed by atoms with Crippen molar-refractivity contribution >= 4 is 33.5 Å². The highest BCUT2D eigenvalue weighted by atomic mass is 32.1. The second-order valence-electron chi connectivity index (χ2n) is 7.12. The Hall–Kier alpha value is -1.80. The zero-order valence-corrected chi connectivity index (χ0v) is 15.9. The fourth-order valence-corrected chi connectivity index (χ4v) is 4.60. The first-order valence-electron chi connectivity index (χ1n) is 8.89. The number of hydrogen-bond donors (Lipinski definition) is 2. The summed E-state index contributed by atoms with van der Waals surface area (Å²) in [5.74, 6) is 0.790. The SMILES string of the molecule is COCC[C@H]1C[N+](C)(C2=Nc3ccc(F)cc3Nc3sccc32)CCN1. The first-order chi connectivity index (χ1) is 12.6. The van der Waals surface area contributed by atoms with Crippen molar-refractivity contribution in [3.8, 4) is 0 Å². The maximum atomic E-state index is 13.7. The van der Waals surface area contributed by atoms with Gasteiger partial charge in [0, 0.05) is 20.3 Å². The number of thiophene rings is 1. The third-order valence-electron chi connectivity index (χ3n) is 5.18. The van der Waals surface area contributed by atoms with Gasteiger partial charge in [-0.1, -0.05) is 0 Å². The van der Waals surface area contributed by atoms with Crippen LogP contribution in [0.2, 0.25) is 0 Å². The average molecular weight is 375 g/mol. The molecule has 26 heavy (non-hydrogen) atoms. The van der Waals surface area contributed by atoms with Crippen LogP contribution in [0.15, 0.2) is 34.6 Å². The predicted octanol–water partition coefficient (Wildman–Crippen LogP) is 3.48. The second kappa shape index (κ2) is 7.08. The van der Waals surface area contributed by atoms with E-state index in [-0.39, 0.29) is 5.82 Å². The van der Waals surface area contributed by atoms with E-state index in [0.717, 1.165) is 64.9 Å². The normalized spacial score (nSPS) is 24.9. The fourth-order valence-electron chi connectivity index (χ4n) is 3.80. The second-order valence-corrected chi connectivity index (χ2v) is 8.04. The van der Waals surface area contributed by atoms with E-state index in [1.807, 2.05) is 0 Å². The molecule has 7 heteroatoms. The van der Waals surface area contributed by atoms with Gasteiger partial charge in [0.25, 0.3) is 0 Å². The van der Waals surface area contributed by atoms with Crippen molar-refractivity contribution in [2.24, 2.45) is 4.99 Å². The molecule has 2 aromatic rings. The Balaban J connectivity index is 1.75. The van der Waals surface area contributed by atoms with Crippen molar-refractivity contribution in [3.05, 3.63) is 41.0 Å². The Labute approximate surface area is 157 Å². The molecule has 0 spiro atoms. The number of ether oxygens (including phenoxy) is 1. The zero-order valence-electron chi connectivity index (χ0n) is 15.1. The number of piperazine rings is 1. The van der Waals surface area contributed by atoms with E-state index in [9.17, 15) is 4.39 Å². The van der Waals surface area contributed by atoms with Crippen LogP contribution in [0.25, 0.3) is 0 Å². The maximum Gasteiger partial charge on any atom is 0.238 e. The largest absolute Gasteiger partial charge is 0.385 e. The number of aliphatic imine (C=N–C) groups is 1. The van der Waals surface area contributed by atoms with E-state index in [1.165, 1.54) is 12.1 Å². The Bertz CT molecular complexity index is 837. The lowest BCUT2D eigenvalue weighted by Gasteiger charge is -2.41. The molecule has 5 nitrogen and oxygen atoms in total. The van der Waals surface area contributed by atoms with Gasteiger partial charge in [-0.2, -0.15) is 4.99 Å². The van der Waals surface area contributed by atoms with Crippen molar-refractivity contribution in [2.75, 3.05) is 45.7 Å². The molecule has 4 rings (SSSR count). The molecule has 2 atom stereocenters. The van der Waals surface area contributed by atoms with Crippen molar-refractivity contribution in [2.45, 2.75) is 12.5 Å². The van der Waals surface area contributed by atoms with E-state index < -0.39 is 0 Å². The smallest absolute Gasteiger partial charge is 0.238 e. The van der Waals surface area contributed by atoms with Crippen molar-refractivity contribution in [3.63, 3.8) is 0 Å². The number of methoxy groups -OCH3 is 1. The predicted molar refractivity (Wildman–Crippen MR) is 104 cm³/mol. The van der Waals surface area contributed by atoms with Gasteiger partial charge in [0.05, 0.1) is 36.6 Å². The highest BCUT2D eigenvalue weighted by Gasteiger charge is 2.39. The number of anilines is 2. The van der Waals surface area contributed by atoms with Gasteiger partial charge in [-0.05, 0) is 36.1 Å². The summed E-state index contributed by atoms with van der Waals surface area (Å²) < 4.78 is 19.7. The Kier molecular flexibility index (Phi) is 4.79. The van der Waals surface area contributed by atoms with Gasteiger partial charge in [0.1, 0.15) is 17.4 Å². The molecule has 0 aliphatic carbocycles. The van der Waals surface area contributed by atoms with Crippen LogP contribution in [0.1, 0.15) is 12.0 Å². The van der Waals surface area contributed by atoms with Gasteiger partial charge in [-0.25, -0.2) is 4.39 Å². The maximum absolute atomic E-state index is 13.7. The minimum absolute atomic E-state index is 0.254. The summed E-state index contributed by atoms with van der Waals surface area (Å²) in [6.07, 6.45) is 0.980. The molecular weight excluding hydrogens is 351 g/mol. The summed E-state index contributed by atoms with van der Waals surface area (Å²) in [6, 6.07) is 7.25. The van der Waals surface area contributed by atoms with Crippen LogP contribution in [0, 0.1) is 5.82 Å². The number of amidine groups is 1. The summed E-state index contributed by atoms with van der Waals surface area (Å²) in [4.78, 5) is 5.01. The topological polar surface area (TPSA) is 45.6 Å². The molecule has 0 saturated carbocycles. The number of nitrogens with one attached hydrogen (secondary N) is 2. The van der Waals surface area contributed by atoms with Gasteiger partial charge in [-0.15, -0.1) is 11.3 Å². The number of halogens is 1. The lowest BCUT2D eigenvalue weighted by atomic mass is 10.1. The molecule has 1 fully saturated rings. The monoisotopic (exact) mass is 375 g/mol. The van der Waals surface area contributed by atoms with Crippen LogP contribution in [-0.2, 0) is 4.74 Å². The number of fused-ring (bicyclic) bond motifs is 2. The van der Waals surface area contributed by atoms with Crippen LogP contribution in [0.4, 0.5) is 20.8 Å². The van der Waals surface area contributed by atoms with E-state index in [2.05, 4.69) is 29.1 Å². The molecule has 0 bridgehead atoms. The summed E-state index contributed by atoms with van der Waals surface area (Å²) in [6.45, 7) is 3.60. The van der Waals surface area contributed by atoms with Crippen LogP contribution >= 0.6 is 11.3 Å². The summed E-state index contributed by atoms with van der Waals surface area (Å²) >= 11 is 1.63. The van der Waals surface area contributed by atoms with Crippen LogP contribution in [0.5, 0.6) is 0 Å². The van der Waals surface area contributed by atoms with Crippen molar-refractivity contribution < 1.29 is 13.6 Å². The third-order valence-corrected chi connectivity index (χ3v) is 6.01. The lowest BCUT2D eigenvalue weighted by molar-refractivity contribution is -0.825. The van der Waals surface area contributed by atoms with Gasteiger partial charge >= 0.3 is 0 Å². The summed E-state index contributed by atoms with van der Waals surface area (Å²) in [5, 5.41) is 10.1. The molecule has 2 N–H and O–H groups in total. The number of rotatable bonds is 3. The van der Waals surface area contributed by atoms with E-state index in [4.69, 9.17) is 9.73 Å². The first-order valence-corrected chi connectivity index (χ1v) is 9.77. The number of quaternary nitrogens is 1. The van der Waals surface area contributed by atoms with Crippen molar-refractivity contribution in [1.82, 2.24) is 5.32 Å². The van der Waals surface area contributed by atoms with Crippen LogP contribution < -0.4 is 10.6 Å². The first kappa shape index (κ1) is 17.6.